The van der Waals surface area contributed by atoms with Crippen molar-refractivity contribution in [3.8, 4) is 0 Å². The van der Waals surface area contributed by atoms with E-state index in [1.807, 2.05) is 6.07 Å². The minimum Gasteiger partial charge on any atom is -0.327 e. The lowest BCUT2D eigenvalue weighted by Gasteiger charge is -2.14. The Hall–Kier alpha value is -0.910. The van der Waals surface area contributed by atoms with Gasteiger partial charge in [-0.15, -0.1) is 0 Å². The van der Waals surface area contributed by atoms with Crippen molar-refractivity contribution in [3.05, 3.63) is 29.8 Å². The summed E-state index contributed by atoms with van der Waals surface area (Å²) < 4.78 is 23.1. The van der Waals surface area contributed by atoms with Crippen molar-refractivity contribution in [3.63, 3.8) is 0 Å². The average Bonchev–Trinajstić information content (AvgIpc) is 2.42. The summed E-state index contributed by atoms with van der Waals surface area (Å²) in [7, 11) is -3.67. The SMILES string of the molecule is CCCCCCCC[C@H](N)Cc1ccccc1S(N)(=O)=O. The van der Waals surface area contributed by atoms with Gasteiger partial charge in [0, 0.05) is 6.04 Å². The molecule has 0 spiro atoms. The molecule has 0 amide bonds. The van der Waals surface area contributed by atoms with E-state index in [1.165, 1.54) is 32.1 Å². The molecule has 0 aliphatic heterocycles. The first-order valence-electron chi connectivity index (χ1n) is 7.81. The van der Waals surface area contributed by atoms with Crippen LogP contribution in [-0.4, -0.2) is 14.5 Å². The summed E-state index contributed by atoms with van der Waals surface area (Å²) in [5, 5.41) is 5.23. The standard InChI is InChI=1S/C16H28N2O2S/c1-2-3-4-5-6-7-11-15(17)13-14-10-8-9-12-16(14)21(18,19)20/h8-10,12,15H,2-7,11,13,17H2,1H3,(H2,18,19,20)/t15-/m0/s1. The molecule has 0 radical (unpaired) electrons. The van der Waals surface area contributed by atoms with E-state index in [9.17, 15) is 8.42 Å². The van der Waals surface area contributed by atoms with Crippen LogP contribution in [-0.2, 0) is 16.4 Å². The second kappa shape index (κ2) is 9.18. The van der Waals surface area contributed by atoms with E-state index < -0.39 is 10.0 Å². The lowest BCUT2D eigenvalue weighted by molar-refractivity contribution is 0.530. The summed E-state index contributed by atoms with van der Waals surface area (Å²) in [6.45, 7) is 2.21. The fourth-order valence-electron chi connectivity index (χ4n) is 2.52. The van der Waals surface area contributed by atoms with Crippen LogP contribution in [0.15, 0.2) is 29.2 Å². The molecule has 1 aromatic rings. The highest BCUT2D eigenvalue weighted by Crippen LogP contribution is 2.17. The lowest BCUT2D eigenvalue weighted by atomic mass is 10.0. The molecule has 1 aromatic carbocycles. The van der Waals surface area contributed by atoms with Gasteiger partial charge in [0.05, 0.1) is 4.90 Å². The van der Waals surface area contributed by atoms with Crippen LogP contribution in [0.25, 0.3) is 0 Å². The summed E-state index contributed by atoms with van der Waals surface area (Å²) in [5.41, 5.74) is 6.84. The number of sulfonamides is 1. The van der Waals surface area contributed by atoms with Crippen molar-refractivity contribution in [2.75, 3.05) is 0 Å². The molecule has 0 bridgehead atoms. The summed E-state index contributed by atoms with van der Waals surface area (Å²) >= 11 is 0. The van der Waals surface area contributed by atoms with Crippen LogP contribution in [0.2, 0.25) is 0 Å². The third kappa shape index (κ3) is 7.07. The Kier molecular flexibility index (Phi) is 7.93. The van der Waals surface area contributed by atoms with Gasteiger partial charge in [-0.3, -0.25) is 0 Å². The maximum atomic E-state index is 11.5. The highest BCUT2D eigenvalue weighted by molar-refractivity contribution is 7.89. The molecule has 1 rings (SSSR count). The normalized spacial score (nSPS) is 13.3. The zero-order chi connectivity index (χ0) is 15.7. The first kappa shape index (κ1) is 18.1. The fraction of sp³-hybridized carbons (Fsp3) is 0.625. The van der Waals surface area contributed by atoms with Gasteiger partial charge in [-0.25, -0.2) is 13.6 Å². The van der Waals surface area contributed by atoms with Gasteiger partial charge in [0.15, 0.2) is 0 Å². The fourth-order valence-corrected chi connectivity index (χ4v) is 3.31. The second-order valence-corrected chi connectivity index (χ2v) is 7.20. The molecule has 0 aliphatic rings. The molecule has 21 heavy (non-hydrogen) atoms. The topological polar surface area (TPSA) is 86.2 Å². The molecule has 0 fully saturated rings. The molecule has 4 N–H and O–H groups in total. The molecular formula is C16H28N2O2S. The van der Waals surface area contributed by atoms with Crippen LogP contribution in [0, 0.1) is 0 Å². The van der Waals surface area contributed by atoms with Crippen LogP contribution in [0.3, 0.4) is 0 Å². The van der Waals surface area contributed by atoms with Crippen LogP contribution < -0.4 is 10.9 Å². The predicted molar refractivity (Wildman–Crippen MR) is 87.5 cm³/mol. The van der Waals surface area contributed by atoms with Crippen molar-refractivity contribution in [1.82, 2.24) is 0 Å². The Morgan fingerprint density at radius 2 is 1.67 bits per heavy atom. The summed E-state index contributed by atoms with van der Waals surface area (Å²) in [4.78, 5) is 0.198. The zero-order valence-electron chi connectivity index (χ0n) is 12.9. The van der Waals surface area contributed by atoms with Crippen LogP contribution >= 0.6 is 0 Å². The first-order chi connectivity index (χ1) is 9.95. The van der Waals surface area contributed by atoms with Crippen LogP contribution in [0.4, 0.5) is 0 Å². The van der Waals surface area contributed by atoms with Gasteiger partial charge in [0.25, 0.3) is 0 Å². The molecule has 0 saturated carbocycles. The average molecular weight is 312 g/mol. The van der Waals surface area contributed by atoms with Gasteiger partial charge < -0.3 is 5.73 Å². The third-order valence-electron chi connectivity index (χ3n) is 3.69. The number of benzene rings is 1. The van der Waals surface area contributed by atoms with Gasteiger partial charge in [-0.05, 0) is 24.5 Å². The molecule has 0 heterocycles. The van der Waals surface area contributed by atoms with Crippen molar-refractivity contribution >= 4 is 10.0 Å². The zero-order valence-corrected chi connectivity index (χ0v) is 13.7. The molecule has 0 aliphatic carbocycles. The van der Waals surface area contributed by atoms with E-state index in [0.29, 0.717) is 6.42 Å². The second-order valence-electron chi connectivity index (χ2n) is 5.67. The van der Waals surface area contributed by atoms with E-state index in [2.05, 4.69) is 6.92 Å². The highest BCUT2D eigenvalue weighted by atomic mass is 32.2. The van der Waals surface area contributed by atoms with E-state index in [1.54, 1.807) is 18.2 Å². The Morgan fingerprint density at radius 1 is 1.05 bits per heavy atom. The van der Waals surface area contributed by atoms with E-state index in [4.69, 9.17) is 10.9 Å². The summed E-state index contributed by atoms with van der Waals surface area (Å²) in [5.74, 6) is 0. The van der Waals surface area contributed by atoms with Crippen molar-refractivity contribution in [1.29, 1.82) is 0 Å². The number of hydrogen-bond acceptors (Lipinski definition) is 3. The van der Waals surface area contributed by atoms with Gasteiger partial charge >= 0.3 is 0 Å². The maximum absolute atomic E-state index is 11.5. The van der Waals surface area contributed by atoms with E-state index in [-0.39, 0.29) is 10.9 Å². The van der Waals surface area contributed by atoms with Gasteiger partial charge in [0.2, 0.25) is 10.0 Å². The Labute approximate surface area is 129 Å². The van der Waals surface area contributed by atoms with Crippen LogP contribution in [0.1, 0.15) is 57.4 Å². The van der Waals surface area contributed by atoms with Gasteiger partial charge in [-0.1, -0.05) is 63.6 Å². The first-order valence-corrected chi connectivity index (χ1v) is 9.36. The smallest absolute Gasteiger partial charge is 0.238 e. The maximum Gasteiger partial charge on any atom is 0.238 e. The molecule has 0 saturated heterocycles. The van der Waals surface area contributed by atoms with Crippen molar-refractivity contribution in [2.24, 2.45) is 10.9 Å². The van der Waals surface area contributed by atoms with Crippen LogP contribution in [0.5, 0.6) is 0 Å². The monoisotopic (exact) mass is 312 g/mol. The molecular weight excluding hydrogens is 284 g/mol. The highest BCUT2D eigenvalue weighted by Gasteiger charge is 2.15. The van der Waals surface area contributed by atoms with E-state index >= 15 is 0 Å². The molecule has 4 nitrogen and oxygen atoms in total. The minimum absolute atomic E-state index is 0.0147. The summed E-state index contributed by atoms with van der Waals surface area (Å²) in [6.07, 6.45) is 8.88. The number of primary sulfonamides is 1. The largest absolute Gasteiger partial charge is 0.327 e. The molecule has 0 unspecified atom stereocenters. The Balaban J connectivity index is 2.43. The molecule has 1 atom stereocenters. The number of nitrogens with two attached hydrogens (primary N) is 2. The summed E-state index contributed by atoms with van der Waals surface area (Å²) in [6, 6.07) is 6.83. The van der Waals surface area contributed by atoms with E-state index in [0.717, 1.165) is 18.4 Å². The van der Waals surface area contributed by atoms with Crippen molar-refractivity contribution < 1.29 is 8.42 Å². The number of hydrogen-bond donors (Lipinski definition) is 2. The number of unbranched alkanes of at least 4 members (excludes halogenated alkanes) is 5. The predicted octanol–water partition coefficient (Wildman–Crippen LogP) is 2.95. The van der Waals surface area contributed by atoms with Gasteiger partial charge in [-0.2, -0.15) is 0 Å². The Morgan fingerprint density at radius 3 is 2.33 bits per heavy atom. The quantitative estimate of drug-likeness (QED) is 0.651. The Bertz CT molecular complexity index is 515. The minimum atomic E-state index is -3.67. The molecule has 5 heteroatoms. The van der Waals surface area contributed by atoms with Crippen molar-refractivity contribution in [2.45, 2.75) is 69.2 Å². The molecule has 0 aromatic heterocycles. The third-order valence-corrected chi connectivity index (χ3v) is 4.70. The molecule has 120 valence electrons. The lowest BCUT2D eigenvalue weighted by Crippen LogP contribution is -2.24. The van der Waals surface area contributed by atoms with Gasteiger partial charge in [0.1, 0.15) is 0 Å². The number of rotatable bonds is 10.